The van der Waals surface area contributed by atoms with E-state index in [0.29, 0.717) is 0 Å². The number of likely N-dealkylation sites (tertiary alicyclic amines) is 1. The molecule has 0 aromatic heterocycles. The SMILES string of the molecule is CCCC1CCN(CC2CCCCCC2)C1. The summed E-state index contributed by atoms with van der Waals surface area (Å²) < 4.78 is 0. The third-order valence-corrected chi connectivity index (χ3v) is 4.56. The van der Waals surface area contributed by atoms with Gasteiger partial charge in [0.15, 0.2) is 0 Å². The van der Waals surface area contributed by atoms with E-state index in [9.17, 15) is 0 Å². The van der Waals surface area contributed by atoms with E-state index in [1.807, 2.05) is 0 Å². The second-order valence-corrected chi connectivity index (χ2v) is 6.06. The van der Waals surface area contributed by atoms with E-state index < -0.39 is 0 Å². The minimum absolute atomic E-state index is 1.02. The summed E-state index contributed by atoms with van der Waals surface area (Å²) in [5, 5.41) is 0. The van der Waals surface area contributed by atoms with Gasteiger partial charge in [-0.1, -0.05) is 39.0 Å². The Hall–Kier alpha value is -0.0400. The minimum Gasteiger partial charge on any atom is -0.303 e. The summed E-state index contributed by atoms with van der Waals surface area (Å²) in [6.45, 7) is 6.54. The topological polar surface area (TPSA) is 3.24 Å². The quantitative estimate of drug-likeness (QED) is 0.649. The van der Waals surface area contributed by atoms with Crippen LogP contribution < -0.4 is 0 Å². The van der Waals surface area contributed by atoms with Crippen LogP contribution in [0.4, 0.5) is 0 Å². The highest BCUT2D eigenvalue weighted by Crippen LogP contribution is 2.27. The summed E-state index contributed by atoms with van der Waals surface area (Å²) in [7, 11) is 0. The molecule has 0 aromatic rings. The van der Waals surface area contributed by atoms with Gasteiger partial charge in [0, 0.05) is 13.1 Å². The van der Waals surface area contributed by atoms with Crippen molar-refractivity contribution in [1.82, 2.24) is 4.90 Å². The molecule has 0 aromatic carbocycles. The lowest BCUT2D eigenvalue weighted by Crippen LogP contribution is -2.27. The Balaban J connectivity index is 1.69. The molecular weight excluding hydrogens is 194 g/mol. The lowest BCUT2D eigenvalue weighted by molar-refractivity contribution is 0.251. The van der Waals surface area contributed by atoms with Crippen LogP contribution in [0.2, 0.25) is 0 Å². The van der Waals surface area contributed by atoms with E-state index in [1.165, 1.54) is 77.4 Å². The summed E-state index contributed by atoms with van der Waals surface area (Å²) in [5.74, 6) is 2.05. The Morgan fingerprint density at radius 1 is 0.938 bits per heavy atom. The minimum atomic E-state index is 1.02. The monoisotopic (exact) mass is 223 g/mol. The van der Waals surface area contributed by atoms with Crippen molar-refractivity contribution in [2.45, 2.75) is 64.7 Å². The van der Waals surface area contributed by atoms with Gasteiger partial charge in [-0.25, -0.2) is 0 Å². The van der Waals surface area contributed by atoms with Gasteiger partial charge in [-0.05, 0) is 44.1 Å². The fraction of sp³-hybridized carbons (Fsp3) is 1.00. The fourth-order valence-corrected chi connectivity index (χ4v) is 3.63. The van der Waals surface area contributed by atoms with E-state index in [4.69, 9.17) is 0 Å². The Kier molecular flexibility index (Phi) is 5.15. The Morgan fingerprint density at radius 2 is 1.69 bits per heavy atom. The average Bonchev–Trinajstić information content (AvgIpc) is 2.56. The van der Waals surface area contributed by atoms with Crippen molar-refractivity contribution in [2.24, 2.45) is 11.8 Å². The molecular formula is C15H29N. The van der Waals surface area contributed by atoms with Gasteiger partial charge in [0.1, 0.15) is 0 Å². The maximum Gasteiger partial charge on any atom is 0.00102 e. The molecule has 1 saturated heterocycles. The summed E-state index contributed by atoms with van der Waals surface area (Å²) in [4.78, 5) is 2.76. The molecule has 1 nitrogen and oxygen atoms in total. The van der Waals surface area contributed by atoms with Gasteiger partial charge in [-0.2, -0.15) is 0 Å². The van der Waals surface area contributed by atoms with Crippen molar-refractivity contribution in [3.05, 3.63) is 0 Å². The van der Waals surface area contributed by atoms with E-state index >= 15 is 0 Å². The number of hydrogen-bond donors (Lipinski definition) is 0. The van der Waals surface area contributed by atoms with Crippen LogP contribution >= 0.6 is 0 Å². The highest BCUT2D eigenvalue weighted by Gasteiger charge is 2.24. The molecule has 1 heteroatoms. The summed E-state index contributed by atoms with van der Waals surface area (Å²) in [6, 6.07) is 0. The molecule has 0 bridgehead atoms. The Morgan fingerprint density at radius 3 is 2.38 bits per heavy atom. The van der Waals surface area contributed by atoms with Gasteiger partial charge in [0.05, 0.1) is 0 Å². The lowest BCUT2D eigenvalue weighted by Gasteiger charge is -2.22. The summed E-state index contributed by atoms with van der Waals surface area (Å²) in [5.41, 5.74) is 0. The number of hydrogen-bond acceptors (Lipinski definition) is 1. The molecule has 1 aliphatic carbocycles. The largest absolute Gasteiger partial charge is 0.303 e. The smallest absolute Gasteiger partial charge is 0.00102 e. The van der Waals surface area contributed by atoms with Crippen molar-refractivity contribution in [2.75, 3.05) is 19.6 Å². The fourth-order valence-electron chi connectivity index (χ4n) is 3.63. The van der Waals surface area contributed by atoms with E-state index in [-0.39, 0.29) is 0 Å². The van der Waals surface area contributed by atoms with Gasteiger partial charge in [0.2, 0.25) is 0 Å². The lowest BCUT2D eigenvalue weighted by atomic mass is 10.00. The van der Waals surface area contributed by atoms with Gasteiger partial charge in [-0.3, -0.25) is 0 Å². The van der Waals surface area contributed by atoms with E-state index in [1.54, 1.807) is 0 Å². The normalized spacial score (nSPS) is 29.4. The molecule has 0 amide bonds. The highest BCUT2D eigenvalue weighted by atomic mass is 15.1. The third kappa shape index (κ3) is 3.76. The van der Waals surface area contributed by atoms with Crippen LogP contribution in [0.3, 0.4) is 0 Å². The van der Waals surface area contributed by atoms with Crippen LogP contribution in [0.5, 0.6) is 0 Å². The Bertz CT molecular complexity index is 182. The first kappa shape index (κ1) is 12.4. The van der Waals surface area contributed by atoms with Gasteiger partial charge in [-0.15, -0.1) is 0 Å². The molecule has 1 atom stereocenters. The summed E-state index contributed by atoms with van der Waals surface area (Å²) >= 11 is 0. The van der Waals surface area contributed by atoms with E-state index in [2.05, 4.69) is 11.8 Å². The van der Waals surface area contributed by atoms with Crippen molar-refractivity contribution >= 4 is 0 Å². The van der Waals surface area contributed by atoms with Crippen LogP contribution in [-0.4, -0.2) is 24.5 Å². The molecule has 1 unspecified atom stereocenters. The van der Waals surface area contributed by atoms with Crippen LogP contribution in [-0.2, 0) is 0 Å². The van der Waals surface area contributed by atoms with Crippen LogP contribution in [0.15, 0.2) is 0 Å². The van der Waals surface area contributed by atoms with Crippen LogP contribution in [0.25, 0.3) is 0 Å². The molecule has 94 valence electrons. The van der Waals surface area contributed by atoms with Crippen molar-refractivity contribution < 1.29 is 0 Å². The molecule has 16 heavy (non-hydrogen) atoms. The molecule has 1 heterocycles. The zero-order valence-corrected chi connectivity index (χ0v) is 11.1. The average molecular weight is 223 g/mol. The van der Waals surface area contributed by atoms with Crippen LogP contribution in [0.1, 0.15) is 64.7 Å². The molecule has 2 fully saturated rings. The second kappa shape index (κ2) is 6.64. The summed E-state index contributed by atoms with van der Waals surface area (Å²) in [6.07, 6.45) is 13.3. The predicted molar refractivity (Wildman–Crippen MR) is 70.6 cm³/mol. The van der Waals surface area contributed by atoms with Crippen molar-refractivity contribution in [3.63, 3.8) is 0 Å². The first-order chi connectivity index (χ1) is 7.88. The molecule has 2 aliphatic rings. The first-order valence-electron chi connectivity index (χ1n) is 7.61. The predicted octanol–water partition coefficient (Wildman–Crippen LogP) is 4.08. The number of rotatable bonds is 4. The van der Waals surface area contributed by atoms with E-state index in [0.717, 1.165) is 11.8 Å². The van der Waals surface area contributed by atoms with Crippen molar-refractivity contribution in [3.8, 4) is 0 Å². The molecule has 2 rings (SSSR count). The maximum atomic E-state index is 2.76. The van der Waals surface area contributed by atoms with Gasteiger partial charge in [0.25, 0.3) is 0 Å². The Labute approximate surface area is 102 Å². The van der Waals surface area contributed by atoms with Crippen LogP contribution in [0, 0.1) is 11.8 Å². The van der Waals surface area contributed by atoms with Crippen molar-refractivity contribution in [1.29, 1.82) is 0 Å². The first-order valence-corrected chi connectivity index (χ1v) is 7.61. The molecule has 1 aliphatic heterocycles. The zero-order chi connectivity index (χ0) is 11.2. The molecule has 0 N–H and O–H groups in total. The van der Waals surface area contributed by atoms with Gasteiger partial charge >= 0.3 is 0 Å². The number of nitrogens with zero attached hydrogens (tertiary/aromatic N) is 1. The zero-order valence-electron chi connectivity index (χ0n) is 11.1. The molecule has 1 saturated carbocycles. The van der Waals surface area contributed by atoms with Gasteiger partial charge < -0.3 is 4.90 Å². The maximum absolute atomic E-state index is 2.76. The standard InChI is InChI=1S/C15H29N/c1-2-7-14-10-11-16(12-14)13-15-8-5-3-4-6-9-15/h14-15H,2-13H2,1H3. The molecule has 0 radical (unpaired) electrons. The second-order valence-electron chi connectivity index (χ2n) is 6.06. The highest BCUT2D eigenvalue weighted by molar-refractivity contribution is 4.78. The molecule has 0 spiro atoms. The third-order valence-electron chi connectivity index (χ3n) is 4.56.